The van der Waals surface area contributed by atoms with Gasteiger partial charge in [-0.1, -0.05) is 58.5 Å². The van der Waals surface area contributed by atoms with Crippen LogP contribution in [0.4, 0.5) is 22.7 Å². The molecule has 0 fully saturated rings. The van der Waals surface area contributed by atoms with E-state index in [0.717, 1.165) is 0 Å². The van der Waals surface area contributed by atoms with Crippen LogP contribution in [0.25, 0.3) is 0 Å². The maximum absolute atomic E-state index is 10.7. The largest absolute Gasteiger partial charge is 0.396 e. The van der Waals surface area contributed by atoms with Crippen LogP contribution in [0.15, 0.2) is 54.6 Å². The van der Waals surface area contributed by atoms with Crippen LogP contribution in [-0.4, -0.2) is 4.92 Å². The summed E-state index contributed by atoms with van der Waals surface area (Å²) in [6.07, 6.45) is 0. The van der Waals surface area contributed by atoms with E-state index >= 15 is 0 Å². The smallest absolute Gasteiger partial charge is 0.270 e. The average Bonchev–Trinajstić information content (AvgIpc) is 2.69. The van der Waals surface area contributed by atoms with Crippen LogP contribution in [0.2, 0.25) is 20.1 Å². The predicted octanol–water partition coefficient (Wildman–Crippen LogP) is 7.09. The minimum Gasteiger partial charge on any atom is -0.396 e. The van der Waals surface area contributed by atoms with Gasteiger partial charge in [0, 0.05) is 12.1 Å². The molecular formula is C19H12Cl4N4O2. The standard InChI is InChI=1S/C13H7Cl2N3O2.C6H5Cl2N/c14-10-2-1-3-11(15)13(10)17-12-5-4-9(18(19)20)6-8(12)7-16;7-4-2-1-3-5(8)6(4)9/h1-6,17H;1-3H,9H2. The van der Waals surface area contributed by atoms with Gasteiger partial charge in [0.25, 0.3) is 5.69 Å². The Morgan fingerprint density at radius 3 is 1.90 bits per heavy atom. The second-order valence-corrected chi connectivity index (χ2v) is 7.08. The van der Waals surface area contributed by atoms with Crippen LogP contribution in [-0.2, 0) is 0 Å². The summed E-state index contributed by atoms with van der Waals surface area (Å²) in [7, 11) is 0. The Labute approximate surface area is 186 Å². The number of nitro benzene ring substituents is 1. The molecule has 0 spiro atoms. The molecule has 3 N–H and O–H groups in total. The molecule has 29 heavy (non-hydrogen) atoms. The molecular weight excluding hydrogens is 458 g/mol. The van der Waals surface area contributed by atoms with E-state index in [9.17, 15) is 10.1 Å². The summed E-state index contributed by atoms with van der Waals surface area (Å²) in [4.78, 5) is 10.1. The van der Waals surface area contributed by atoms with E-state index in [1.807, 2.05) is 6.07 Å². The van der Waals surface area contributed by atoms with E-state index in [2.05, 4.69) is 5.32 Å². The van der Waals surface area contributed by atoms with Gasteiger partial charge in [-0.25, -0.2) is 0 Å². The molecule has 0 aliphatic heterocycles. The van der Waals surface area contributed by atoms with Crippen molar-refractivity contribution in [2.45, 2.75) is 0 Å². The van der Waals surface area contributed by atoms with E-state index in [1.165, 1.54) is 18.2 Å². The molecule has 0 aliphatic carbocycles. The van der Waals surface area contributed by atoms with E-state index < -0.39 is 4.92 Å². The lowest BCUT2D eigenvalue weighted by Crippen LogP contribution is -1.97. The fourth-order valence-corrected chi connectivity index (χ4v) is 3.00. The van der Waals surface area contributed by atoms with Crippen LogP contribution in [0, 0.1) is 21.4 Å². The summed E-state index contributed by atoms with van der Waals surface area (Å²) >= 11 is 23.2. The Morgan fingerprint density at radius 1 is 0.931 bits per heavy atom. The zero-order chi connectivity index (χ0) is 21.6. The molecule has 0 saturated carbocycles. The van der Waals surface area contributed by atoms with Gasteiger partial charge in [0.1, 0.15) is 6.07 Å². The summed E-state index contributed by atoms with van der Waals surface area (Å²) in [6, 6.07) is 16.0. The van der Waals surface area contributed by atoms with Crippen LogP contribution < -0.4 is 11.1 Å². The maximum Gasteiger partial charge on any atom is 0.270 e. The fraction of sp³-hybridized carbons (Fsp3) is 0. The summed E-state index contributed by atoms with van der Waals surface area (Å²) in [5.41, 5.74) is 6.68. The van der Waals surface area contributed by atoms with E-state index in [0.29, 0.717) is 37.2 Å². The van der Waals surface area contributed by atoms with Crippen LogP contribution >= 0.6 is 46.4 Å². The van der Waals surface area contributed by atoms with E-state index in [1.54, 1.807) is 36.4 Å². The molecule has 6 nitrogen and oxygen atoms in total. The third kappa shape index (κ3) is 5.89. The molecule has 10 heteroatoms. The summed E-state index contributed by atoms with van der Waals surface area (Å²) in [5.74, 6) is 0. The number of nitriles is 1. The van der Waals surface area contributed by atoms with Crippen LogP contribution in [0.3, 0.4) is 0 Å². The SMILES string of the molecule is N#Cc1cc([N+](=O)[O-])ccc1Nc1c(Cl)cccc1Cl.Nc1c(Cl)cccc1Cl. The van der Waals surface area contributed by atoms with Crippen molar-refractivity contribution in [3.8, 4) is 6.07 Å². The first-order valence-corrected chi connectivity index (χ1v) is 9.34. The van der Waals surface area contributed by atoms with Gasteiger partial charge in [-0.05, 0) is 30.3 Å². The number of hydrogen-bond donors (Lipinski definition) is 2. The number of halogens is 4. The van der Waals surface area contributed by atoms with E-state index in [4.69, 9.17) is 57.4 Å². The molecule has 0 saturated heterocycles. The zero-order valence-corrected chi connectivity index (χ0v) is 17.5. The molecule has 0 radical (unpaired) electrons. The van der Waals surface area contributed by atoms with Crippen molar-refractivity contribution in [1.29, 1.82) is 5.26 Å². The third-order valence-corrected chi connectivity index (χ3v) is 4.85. The number of anilines is 3. The lowest BCUT2D eigenvalue weighted by molar-refractivity contribution is -0.384. The zero-order valence-electron chi connectivity index (χ0n) is 14.5. The Kier molecular flexibility index (Phi) is 7.94. The molecule has 0 aromatic heterocycles. The van der Waals surface area contributed by atoms with E-state index in [-0.39, 0.29) is 11.3 Å². The quantitative estimate of drug-likeness (QED) is 0.242. The summed E-state index contributed by atoms with van der Waals surface area (Å²) < 4.78 is 0. The van der Waals surface area contributed by atoms with Gasteiger partial charge in [-0.3, -0.25) is 10.1 Å². The van der Waals surface area contributed by atoms with Crippen molar-refractivity contribution in [2.75, 3.05) is 11.1 Å². The summed E-state index contributed by atoms with van der Waals surface area (Å²) in [6.45, 7) is 0. The highest BCUT2D eigenvalue weighted by Gasteiger charge is 2.13. The van der Waals surface area contributed by atoms with Gasteiger partial charge in [-0.15, -0.1) is 0 Å². The molecule has 3 aromatic rings. The average molecular weight is 470 g/mol. The van der Waals surface area contributed by atoms with Crippen molar-refractivity contribution in [3.63, 3.8) is 0 Å². The highest BCUT2D eigenvalue weighted by molar-refractivity contribution is 6.39. The molecule has 3 rings (SSSR count). The second-order valence-electron chi connectivity index (χ2n) is 5.46. The minimum absolute atomic E-state index is 0.134. The van der Waals surface area contributed by atoms with Gasteiger partial charge in [0.2, 0.25) is 0 Å². The molecule has 0 aliphatic rings. The lowest BCUT2D eigenvalue weighted by Gasteiger charge is -2.11. The number of non-ortho nitro benzene ring substituents is 1. The predicted molar refractivity (Wildman–Crippen MR) is 118 cm³/mol. The molecule has 0 unspecified atom stereocenters. The number of para-hydroxylation sites is 2. The highest BCUT2D eigenvalue weighted by atomic mass is 35.5. The number of rotatable bonds is 3. The van der Waals surface area contributed by atoms with Crippen LogP contribution in [0.5, 0.6) is 0 Å². The van der Waals surface area contributed by atoms with Crippen molar-refractivity contribution in [3.05, 3.63) is 90.4 Å². The van der Waals surface area contributed by atoms with Gasteiger partial charge >= 0.3 is 0 Å². The van der Waals surface area contributed by atoms with Crippen molar-refractivity contribution < 1.29 is 4.92 Å². The highest BCUT2D eigenvalue weighted by Crippen LogP contribution is 2.34. The number of nitro groups is 1. The van der Waals surface area contributed by atoms with Crippen molar-refractivity contribution in [1.82, 2.24) is 0 Å². The minimum atomic E-state index is -0.562. The maximum atomic E-state index is 10.7. The number of nitrogens with two attached hydrogens (primary N) is 1. The van der Waals surface area contributed by atoms with Crippen molar-refractivity contribution in [2.24, 2.45) is 0 Å². The molecule has 0 heterocycles. The van der Waals surface area contributed by atoms with Crippen molar-refractivity contribution >= 4 is 69.2 Å². The Bertz CT molecular complexity index is 1060. The molecule has 0 atom stereocenters. The first kappa shape index (κ1) is 22.6. The van der Waals surface area contributed by atoms with Crippen LogP contribution in [0.1, 0.15) is 5.56 Å². The second kappa shape index (κ2) is 10.2. The number of nitrogens with one attached hydrogen (secondary N) is 1. The Hall–Kier alpha value is -2.69. The Balaban J connectivity index is 0.000000278. The normalized spacial score (nSPS) is 9.76. The van der Waals surface area contributed by atoms with Gasteiger partial charge in [0.05, 0.1) is 47.6 Å². The third-order valence-electron chi connectivity index (χ3n) is 3.56. The number of benzene rings is 3. The molecule has 3 aromatic carbocycles. The topological polar surface area (TPSA) is 105 Å². The monoisotopic (exact) mass is 468 g/mol. The number of nitrogen functional groups attached to an aromatic ring is 1. The molecule has 148 valence electrons. The van der Waals surface area contributed by atoms with Gasteiger partial charge < -0.3 is 11.1 Å². The summed E-state index contributed by atoms with van der Waals surface area (Å²) in [5, 5.41) is 24.4. The first-order valence-electron chi connectivity index (χ1n) is 7.83. The number of hydrogen-bond acceptors (Lipinski definition) is 5. The number of nitrogens with zero attached hydrogens (tertiary/aromatic N) is 2. The Morgan fingerprint density at radius 2 is 1.45 bits per heavy atom. The molecule has 0 bridgehead atoms. The fourth-order valence-electron chi connectivity index (χ4n) is 2.11. The van der Waals surface area contributed by atoms with Gasteiger partial charge in [-0.2, -0.15) is 5.26 Å². The van der Waals surface area contributed by atoms with Gasteiger partial charge in [0.15, 0.2) is 0 Å². The molecule has 0 amide bonds. The lowest BCUT2D eigenvalue weighted by atomic mass is 10.1. The first-order chi connectivity index (χ1) is 13.7.